The minimum Gasteiger partial charge on any atom is -0.456 e. The number of furan rings is 2. The summed E-state index contributed by atoms with van der Waals surface area (Å²) in [6.07, 6.45) is 8.61. The highest BCUT2D eigenvalue weighted by Gasteiger charge is 2.16. The molecule has 258 valence electrons. The molecule has 0 N–H and O–H groups in total. The first-order valence-electron chi connectivity index (χ1n) is 18.9. The summed E-state index contributed by atoms with van der Waals surface area (Å²) in [6, 6.07) is 58.8. The van der Waals surface area contributed by atoms with Gasteiger partial charge in [-0.05, 0) is 115 Å². The third-order valence-corrected chi connectivity index (χ3v) is 11.2. The molecule has 11 aromatic rings. The average molecular weight is 703 g/mol. The molecule has 0 unspecified atom stereocenters. The van der Waals surface area contributed by atoms with Crippen molar-refractivity contribution < 1.29 is 8.83 Å². The van der Waals surface area contributed by atoms with Crippen LogP contribution in [0.3, 0.4) is 0 Å². The van der Waals surface area contributed by atoms with Crippen LogP contribution in [-0.2, 0) is 0 Å². The van der Waals surface area contributed by atoms with E-state index in [0.29, 0.717) is 0 Å². The lowest BCUT2D eigenvalue weighted by molar-refractivity contribution is 0.576. The molecule has 55 heavy (non-hydrogen) atoms. The smallest absolute Gasteiger partial charge is 0.143 e. The number of hydrogen-bond donors (Lipinski definition) is 0. The van der Waals surface area contributed by atoms with E-state index in [1.807, 2.05) is 12.1 Å². The van der Waals surface area contributed by atoms with E-state index in [0.717, 1.165) is 54.3 Å². The van der Waals surface area contributed by atoms with Gasteiger partial charge in [-0.25, -0.2) is 0 Å². The van der Waals surface area contributed by atoms with Crippen LogP contribution in [0, 0.1) is 0 Å². The molecular weight excluding hydrogens is 669 g/mol. The molecule has 0 radical (unpaired) electrons. The minimum absolute atomic E-state index is 0.835. The van der Waals surface area contributed by atoms with Crippen LogP contribution in [0.5, 0.6) is 0 Å². The van der Waals surface area contributed by atoms with Gasteiger partial charge < -0.3 is 8.83 Å². The lowest BCUT2D eigenvalue weighted by Crippen LogP contribution is -2.18. The van der Waals surface area contributed by atoms with Gasteiger partial charge in [0.2, 0.25) is 0 Å². The Morgan fingerprint density at radius 1 is 0.418 bits per heavy atom. The van der Waals surface area contributed by atoms with E-state index in [1.165, 1.54) is 60.1 Å². The highest BCUT2D eigenvalue weighted by molar-refractivity contribution is 6.19. The highest BCUT2D eigenvalue weighted by Crippen LogP contribution is 2.41. The van der Waals surface area contributed by atoms with Crippen LogP contribution >= 0.6 is 0 Å². The molecule has 0 aliphatic carbocycles. The molecule has 0 saturated heterocycles. The second-order valence-corrected chi connectivity index (χ2v) is 14.3. The summed E-state index contributed by atoms with van der Waals surface area (Å²) in [5.41, 5.74) is 9.64. The van der Waals surface area contributed by atoms with Crippen LogP contribution in [-0.4, -0.2) is 0 Å². The van der Waals surface area contributed by atoms with Gasteiger partial charge in [0.25, 0.3) is 0 Å². The van der Waals surface area contributed by atoms with E-state index < -0.39 is 0 Å². The zero-order valence-corrected chi connectivity index (χ0v) is 30.2. The summed E-state index contributed by atoms with van der Waals surface area (Å²) >= 11 is 0. The van der Waals surface area contributed by atoms with Crippen molar-refractivity contribution in [3.8, 4) is 22.3 Å². The molecule has 0 atom stereocenters. The normalized spacial score (nSPS) is 13.0. The van der Waals surface area contributed by atoms with E-state index >= 15 is 0 Å². The van der Waals surface area contributed by atoms with Crippen molar-refractivity contribution in [1.82, 2.24) is 0 Å². The van der Waals surface area contributed by atoms with E-state index in [9.17, 15) is 0 Å². The number of para-hydroxylation sites is 1. The largest absolute Gasteiger partial charge is 0.456 e. The summed E-state index contributed by atoms with van der Waals surface area (Å²) in [5.74, 6) is 0. The molecule has 2 heterocycles. The zero-order chi connectivity index (χ0) is 36.5. The van der Waals surface area contributed by atoms with Gasteiger partial charge in [0.05, 0.1) is 0 Å². The number of fused-ring (bicyclic) bond motifs is 9. The Morgan fingerprint density at radius 2 is 1.05 bits per heavy atom. The first-order chi connectivity index (χ1) is 27.2. The topological polar surface area (TPSA) is 26.3 Å². The van der Waals surface area contributed by atoms with Gasteiger partial charge in [0.15, 0.2) is 0 Å². The summed E-state index contributed by atoms with van der Waals surface area (Å²) in [7, 11) is 0. The van der Waals surface area contributed by atoms with Crippen molar-refractivity contribution in [1.29, 1.82) is 0 Å². The molecule has 0 aliphatic heterocycles. The maximum Gasteiger partial charge on any atom is 0.143 e. The zero-order valence-electron chi connectivity index (χ0n) is 30.2. The van der Waals surface area contributed by atoms with Gasteiger partial charge in [0.1, 0.15) is 22.2 Å². The quantitative estimate of drug-likeness (QED) is 0.171. The fourth-order valence-corrected chi connectivity index (χ4v) is 8.65. The Kier molecular flexibility index (Phi) is 7.11. The monoisotopic (exact) mass is 702 g/mol. The summed E-state index contributed by atoms with van der Waals surface area (Å²) in [4.78, 5) is 0. The molecule has 0 saturated carbocycles. The van der Waals surface area contributed by atoms with Crippen LogP contribution in [0.2, 0.25) is 0 Å². The van der Waals surface area contributed by atoms with Crippen molar-refractivity contribution in [2.75, 3.05) is 0 Å². The molecular formula is C53H34O2. The number of rotatable bonds is 4. The third-order valence-electron chi connectivity index (χ3n) is 11.2. The Labute approximate surface area is 317 Å². The summed E-state index contributed by atoms with van der Waals surface area (Å²) < 4.78 is 13.0. The van der Waals surface area contributed by atoms with Crippen molar-refractivity contribution in [2.45, 2.75) is 6.92 Å². The van der Waals surface area contributed by atoms with Crippen LogP contribution in [0.4, 0.5) is 0 Å². The Bertz CT molecular complexity index is 3430. The molecule has 0 bridgehead atoms. The van der Waals surface area contributed by atoms with Crippen molar-refractivity contribution in [3.63, 3.8) is 0 Å². The lowest BCUT2D eigenvalue weighted by atomic mass is 9.87. The van der Waals surface area contributed by atoms with Crippen molar-refractivity contribution >= 4 is 94.2 Å². The van der Waals surface area contributed by atoms with E-state index in [2.05, 4.69) is 183 Å². The molecule has 9 aromatic carbocycles. The van der Waals surface area contributed by atoms with E-state index in [-0.39, 0.29) is 0 Å². The van der Waals surface area contributed by atoms with Gasteiger partial charge in [0, 0.05) is 26.8 Å². The van der Waals surface area contributed by atoms with E-state index in [4.69, 9.17) is 8.83 Å². The Hall–Kier alpha value is -7.16. The highest BCUT2D eigenvalue weighted by atomic mass is 16.3. The SMILES string of the molecule is C\C=c1/c(=C\C=C\c2c3ccccc3c(-c3ccc4cc(-c5ccccc5)ccc4c3)c3ccccc23)oc2cc3ccc4c5ccccc5oc4c3cc12. The van der Waals surface area contributed by atoms with Gasteiger partial charge in [-0.3, -0.25) is 0 Å². The maximum atomic E-state index is 6.56. The van der Waals surface area contributed by atoms with Gasteiger partial charge in [-0.15, -0.1) is 0 Å². The number of benzene rings is 9. The van der Waals surface area contributed by atoms with Crippen molar-refractivity contribution in [3.05, 3.63) is 186 Å². The van der Waals surface area contributed by atoms with Crippen molar-refractivity contribution in [2.24, 2.45) is 0 Å². The summed E-state index contributed by atoms with van der Waals surface area (Å²) in [6.45, 7) is 2.08. The third kappa shape index (κ3) is 5.03. The molecule has 0 aliphatic rings. The Morgan fingerprint density at radius 3 is 1.80 bits per heavy atom. The predicted molar refractivity (Wildman–Crippen MR) is 234 cm³/mol. The number of hydrogen-bond acceptors (Lipinski definition) is 2. The average Bonchev–Trinajstić information content (AvgIpc) is 3.80. The molecule has 0 fully saturated rings. The summed E-state index contributed by atoms with van der Waals surface area (Å²) in [5, 5.41) is 14.0. The van der Waals surface area contributed by atoms with Crippen LogP contribution in [0.25, 0.3) is 116 Å². The molecule has 0 spiro atoms. The minimum atomic E-state index is 0.835. The van der Waals surface area contributed by atoms with Crippen LogP contribution < -0.4 is 10.6 Å². The van der Waals surface area contributed by atoms with Gasteiger partial charge in [-0.2, -0.15) is 0 Å². The van der Waals surface area contributed by atoms with Crippen LogP contribution in [0.15, 0.2) is 179 Å². The second-order valence-electron chi connectivity index (χ2n) is 14.3. The predicted octanol–water partition coefficient (Wildman–Crippen LogP) is 13.6. The standard InChI is InChI=1S/C53H34O2/c1-2-39-48-32-47-37(27-28-46-43-17-10-11-21-50(43)55-53(46)47)31-51(48)54-49(39)22-12-20-40-41-15-6-8-18-44(41)52(45-19-9-7-16-42(40)45)38-26-25-35-29-34(23-24-36(35)30-38)33-13-4-3-5-14-33/h2-32H,1H3/b20-12+,39-2-,49-22+. The molecule has 11 rings (SSSR count). The molecule has 2 aromatic heterocycles. The van der Waals surface area contributed by atoms with Crippen LogP contribution in [0.1, 0.15) is 12.5 Å². The Balaban J connectivity index is 1.04. The number of allylic oxidation sites excluding steroid dienone is 1. The fraction of sp³-hybridized carbons (Fsp3) is 0.0189. The lowest BCUT2D eigenvalue weighted by Gasteiger charge is -2.16. The molecule has 0 amide bonds. The van der Waals surface area contributed by atoms with Gasteiger partial charge >= 0.3 is 0 Å². The molecule has 2 nitrogen and oxygen atoms in total. The second kappa shape index (κ2) is 12.5. The van der Waals surface area contributed by atoms with E-state index in [1.54, 1.807) is 0 Å². The fourth-order valence-electron chi connectivity index (χ4n) is 8.65. The maximum absolute atomic E-state index is 6.56. The first-order valence-corrected chi connectivity index (χ1v) is 18.9. The van der Waals surface area contributed by atoms with Gasteiger partial charge in [-0.1, -0.05) is 146 Å². The first kappa shape index (κ1) is 31.4. The molecule has 2 heteroatoms.